The molecule has 1 aromatic rings. The summed E-state index contributed by atoms with van der Waals surface area (Å²) in [5.74, 6) is 0. The number of nitrogens with zero attached hydrogens (tertiary/aromatic N) is 2. The van der Waals surface area contributed by atoms with Gasteiger partial charge in [0.15, 0.2) is 6.29 Å². The van der Waals surface area contributed by atoms with E-state index in [0.717, 1.165) is 25.2 Å². The van der Waals surface area contributed by atoms with Gasteiger partial charge >= 0.3 is 0 Å². The predicted molar refractivity (Wildman–Crippen MR) is 71.6 cm³/mol. The van der Waals surface area contributed by atoms with Crippen molar-refractivity contribution in [3.05, 3.63) is 17.5 Å². The molecule has 0 spiro atoms. The molecule has 0 amide bonds. The van der Waals surface area contributed by atoms with Crippen molar-refractivity contribution in [2.24, 2.45) is 0 Å². The highest BCUT2D eigenvalue weighted by atomic mass is 16.7. The lowest BCUT2D eigenvalue weighted by Gasteiger charge is -2.22. The molecule has 1 rings (SSSR count). The molecule has 18 heavy (non-hydrogen) atoms. The van der Waals surface area contributed by atoms with Crippen LogP contribution in [0.4, 0.5) is 0 Å². The van der Waals surface area contributed by atoms with E-state index < -0.39 is 0 Å². The highest BCUT2D eigenvalue weighted by molar-refractivity contribution is 5.06. The largest absolute Gasteiger partial charge is 0.354 e. The first-order valence-corrected chi connectivity index (χ1v) is 6.38. The third-order valence-electron chi connectivity index (χ3n) is 2.99. The molecule has 1 aromatic heterocycles. The Labute approximate surface area is 109 Å². The molecule has 0 aliphatic rings. The number of aromatic nitrogens is 2. The molecule has 5 heteroatoms. The zero-order valence-corrected chi connectivity index (χ0v) is 12.1. The van der Waals surface area contributed by atoms with Crippen molar-refractivity contribution in [1.82, 2.24) is 15.1 Å². The normalized spacial score (nSPS) is 13.2. The second kappa shape index (κ2) is 7.51. The summed E-state index contributed by atoms with van der Waals surface area (Å²) >= 11 is 0. The van der Waals surface area contributed by atoms with E-state index in [1.807, 2.05) is 11.6 Å². The molecule has 5 nitrogen and oxygen atoms in total. The van der Waals surface area contributed by atoms with E-state index >= 15 is 0 Å². The van der Waals surface area contributed by atoms with Crippen LogP contribution >= 0.6 is 0 Å². The van der Waals surface area contributed by atoms with Crippen LogP contribution in [0.1, 0.15) is 24.7 Å². The standard InChI is InChI=1S/C13H25N3O2/c1-10-9-11(2)16(15-10)8-6-7-14-12(3)13(17-4)18-5/h9,12-14H,6-8H2,1-5H3. The predicted octanol–water partition coefficient (Wildman–Crippen LogP) is 1.49. The van der Waals surface area contributed by atoms with Crippen LogP contribution in [0.15, 0.2) is 6.07 Å². The average Bonchev–Trinajstić information content (AvgIpc) is 2.65. The van der Waals surface area contributed by atoms with Crippen LogP contribution in [-0.2, 0) is 16.0 Å². The minimum atomic E-state index is -0.196. The molecule has 1 N–H and O–H groups in total. The monoisotopic (exact) mass is 255 g/mol. The fourth-order valence-corrected chi connectivity index (χ4v) is 2.06. The van der Waals surface area contributed by atoms with Gasteiger partial charge in [0.25, 0.3) is 0 Å². The van der Waals surface area contributed by atoms with Gasteiger partial charge in [0.1, 0.15) is 0 Å². The van der Waals surface area contributed by atoms with E-state index in [-0.39, 0.29) is 12.3 Å². The summed E-state index contributed by atoms with van der Waals surface area (Å²) in [5.41, 5.74) is 2.29. The highest BCUT2D eigenvalue weighted by Gasteiger charge is 2.14. The third kappa shape index (κ3) is 4.40. The van der Waals surface area contributed by atoms with Crippen molar-refractivity contribution in [3.63, 3.8) is 0 Å². The van der Waals surface area contributed by atoms with Gasteiger partial charge in [-0.05, 0) is 39.8 Å². The Balaban J connectivity index is 2.24. The van der Waals surface area contributed by atoms with Crippen molar-refractivity contribution in [1.29, 1.82) is 0 Å². The van der Waals surface area contributed by atoms with Gasteiger partial charge in [-0.25, -0.2) is 0 Å². The SMILES string of the molecule is COC(OC)C(C)NCCCn1nc(C)cc1C. The molecule has 0 aromatic carbocycles. The summed E-state index contributed by atoms with van der Waals surface area (Å²) in [7, 11) is 3.31. The summed E-state index contributed by atoms with van der Waals surface area (Å²) in [4.78, 5) is 0. The Morgan fingerprint density at radius 2 is 2.00 bits per heavy atom. The molecule has 1 heterocycles. The molecule has 0 saturated carbocycles. The van der Waals surface area contributed by atoms with Crippen molar-refractivity contribution < 1.29 is 9.47 Å². The summed E-state index contributed by atoms with van der Waals surface area (Å²) in [6.45, 7) is 8.02. The summed E-state index contributed by atoms with van der Waals surface area (Å²) < 4.78 is 12.4. The molecule has 104 valence electrons. The van der Waals surface area contributed by atoms with Crippen LogP contribution in [0.3, 0.4) is 0 Å². The average molecular weight is 255 g/mol. The summed E-state index contributed by atoms with van der Waals surface area (Å²) in [6, 6.07) is 2.28. The number of hydrogen-bond donors (Lipinski definition) is 1. The molecular formula is C13H25N3O2. The quantitative estimate of drug-likeness (QED) is 0.565. The van der Waals surface area contributed by atoms with Crippen LogP contribution < -0.4 is 5.32 Å². The number of nitrogens with one attached hydrogen (secondary N) is 1. The van der Waals surface area contributed by atoms with Crippen molar-refractivity contribution in [3.8, 4) is 0 Å². The Kier molecular flexibility index (Phi) is 6.32. The molecular weight excluding hydrogens is 230 g/mol. The topological polar surface area (TPSA) is 48.3 Å². The lowest BCUT2D eigenvalue weighted by molar-refractivity contribution is -0.119. The van der Waals surface area contributed by atoms with Crippen LogP contribution in [0.25, 0.3) is 0 Å². The lowest BCUT2D eigenvalue weighted by atomic mass is 10.3. The van der Waals surface area contributed by atoms with Gasteiger partial charge in [-0.1, -0.05) is 0 Å². The van der Waals surface area contributed by atoms with Crippen molar-refractivity contribution in [2.45, 2.75) is 46.1 Å². The maximum Gasteiger partial charge on any atom is 0.171 e. The van der Waals surface area contributed by atoms with Crippen LogP contribution in [-0.4, -0.2) is 42.9 Å². The first-order valence-electron chi connectivity index (χ1n) is 6.38. The fraction of sp³-hybridized carbons (Fsp3) is 0.769. The number of methoxy groups -OCH3 is 2. The van der Waals surface area contributed by atoms with E-state index in [1.54, 1.807) is 14.2 Å². The molecule has 1 atom stereocenters. The molecule has 1 unspecified atom stereocenters. The minimum absolute atomic E-state index is 0.181. The van der Waals surface area contributed by atoms with Gasteiger partial charge in [0.05, 0.1) is 11.7 Å². The van der Waals surface area contributed by atoms with E-state index in [1.165, 1.54) is 5.69 Å². The third-order valence-corrected chi connectivity index (χ3v) is 2.99. The smallest absolute Gasteiger partial charge is 0.171 e. The fourth-order valence-electron chi connectivity index (χ4n) is 2.06. The Hall–Kier alpha value is -0.910. The second-order valence-electron chi connectivity index (χ2n) is 4.59. The Morgan fingerprint density at radius 3 is 2.50 bits per heavy atom. The summed E-state index contributed by atoms with van der Waals surface area (Å²) in [5, 5.41) is 7.82. The Morgan fingerprint density at radius 1 is 1.33 bits per heavy atom. The van der Waals surface area contributed by atoms with Gasteiger partial charge in [-0.15, -0.1) is 0 Å². The zero-order chi connectivity index (χ0) is 13.5. The van der Waals surface area contributed by atoms with Gasteiger partial charge in [-0.2, -0.15) is 5.10 Å². The van der Waals surface area contributed by atoms with Gasteiger partial charge in [0, 0.05) is 26.5 Å². The molecule has 0 fully saturated rings. The highest BCUT2D eigenvalue weighted by Crippen LogP contribution is 2.03. The number of rotatable bonds is 8. The zero-order valence-electron chi connectivity index (χ0n) is 12.1. The number of aryl methyl sites for hydroxylation is 3. The minimum Gasteiger partial charge on any atom is -0.354 e. The maximum atomic E-state index is 5.20. The lowest BCUT2D eigenvalue weighted by Crippen LogP contribution is -2.40. The van der Waals surface area contributed by atoms with E-state index in [4.69, 9.17) is 9.47 Å². The van der Waals surface area contributed by atoms with Crippen LogP contribution in [0.2, 0.25) is 0 Å². The van der Waals surface area contributed by atoms with E-state index in [2.05, 4.69) is 30.3 Å². The molecule has 0 aliphatic heterocycles. The van der Waals surface area contributed by atoms with Crippen LogP contribution in [0.5, 0.6) is 0 Å². The van der Waals surface area contributed by atoms with E-state index in [9.17, 15) is 0 Å². The Bertz CT molecular complexity index is 348. The van der Waals surface area contributed by atoms with Crippen molar-refractivity contribution in [2.75, 3.05) is 20.8 Å². The van der Waals surface area contributed by atoms with Crippen molar-refractivity contribution >= 4 is 0 Å². The molecule has 0 radical (unpaired) electrons. The van der Waals surface area contributed by atoms with Gasteiger partial charge in [-0.3, -0.25) is 4.68 Å². The molecule has 0 bridgehead atoms. The second-order valence-corrected chi connectivity index (χ2v) is 4.59. The first-order chi connectivity index (χ1) is 8.58. The van der Waals surface area contributed by atoms with Gasteiger partial charge in [0.2, 0.25) is 0 Å². The summed E-state index contributed by atoms with van der Waals surface area (Å²) in [6.07, 6.45) is 0.839. The number of hydrogen-bond acceptors (Lipinski definition) is 4. The molecule has 0 aliphatic carbocycles. The van der Waals surface area contributed by atoms with Crippen LogP contribution in [0, 0.1) is 13.8 Å². The number of ether oxygens (including phenoxy) is 2. The maximum absolute atomic E-state index is 5.20. The van der Waals surface area contributed by atoms with E-state index in [0.29, 0.717) is 0 Å². The molecule has 0 saturated heterocycles. The van der Waals surface area contributed by atoms with Gasteiger partial charge < -0.3 is 14.8 Å². The first kappa shape index (κ1) is 15.1.